The van der Waals surface area contributed by atoms with Crippen LogP contribution in [-0.4, -0.2) is 32.2 Å². The summed E-state index contributed by atoms with van der Waals surface area (Å²) < 4.78 is 5.37. The van der Waals surface area contributed by atoms with Crippen molar-refractivity contribution < 1.29 is 9.53 Å². The van der Waals surface area contributed by atoms with Crippen molar-refractivity contribution in [3.05, 3.63) is 23.8 Å². The fourth-order valence-corrected chi connectivity index (χ4v) is 2.34. The largest absolute Gasteiger partial charge is 0.378 e. The molecular formula is C15H20N2O2. The van der Waals surface area contributed by atoms with Gasteiger partial charge >= 0.3 is 0 Å². The van der Waals surface area contributed by atoms with Crippen LogP contribution in [0.25, 0.3) is 0 Å². The molecule has 0 spiro atoms. The van der Waals surface area contributed by atoms with E-state index in [1.54, 1.807) is 0 Å². The van der Waals surface area contributed by atoms with Crippen molar-refractivity contribution in [1.29, 1.82) is 0 Å². The number of benzene rings is 1. The molecule has 4 heteroatoms. The average molecular weight is 260 g/mol. The molecule has 1 N–H and O–H groups in total. The lowest BCUT2D eigenvalue weighted by atomic mass is 10.1. The Morgan fingerprint density at radius 1 is 1.32 bits per heavy atom. The van der Waals surface area contributed by atoms with E-state index in [1.807, 2.05) is 6.92 Å². The van der Waals surface area contributed by atoms with Crippen molar-refractivity contribution in [2.45, 2.75) is 19.8 Å². The van der Waals surface area contributed by atoms with Gasteiger partial charge in [0.2, 0.25) is 5.91 Å². The van der Waals surface area contributed by atoms with Crippen LogP contribution in [0, 0.1) is 12.8 Å². The third kappa shape index (κ3) is 2.89. The number of morpholine rings is 1. The first-order valence-corrected chi connectivity index (χ1v) is 6.98. The first-order chi connectivity index (χ1) is 9.24. The summed E-state index contributed by atoms with van der Waals surface area (Å²) in [5.41, 5.74) is 3.23. The van der Waals surface area contributed by atoms with E-state index in [0.29, 0.717) is 0 Å². The first kappa shape index (κ1) is 12.5. The van der Waals surface area contributed by atoms with Crippen LogP contribution in [-0.2, 0) is 9.53 Å². The van der Waals surface area contributed by atoms with Gasteiger partial charge < -0.3 is 15.0 Å². The molecule has 0 aromatic heterocycles. The minimum absolute atomic E-state index is 0.169. The van der Waals surface area contributed by atoms with E-state index in [1.165, 1.54) is 5.69 Å². The van der Waals surface area contributed by atoms with E-state index >= 15 is 0 Å². The zero-order chi connectivity index (χ0) is 13.2. The second kappa shape index (κ2) is 5.21. The molecule has 1 aliphatic heterocycles. The Morgan fingerprint density at radius 2 is 2.05 bits per heavy atom. The summed E-state index contributed by atoms with van der Waals surface area (Å²) in [7, 11) is 0. The van der Waals surface area contributed by atoms with E-state index in [2.05, 4.69) is 28.4 Å². The number of rotatable bonds is 3. The molecule has 1 saturated carbocycles. The van der Waals surface area contributed by atoms with Gasteiger partial charge in [0.15, 0.2) is 0 Å². The highest BCUT2D eigenvalue weighted by Gasteiger charge is 2.29. The van der Waals surface area contributed by atoms with Crippen LogP contribution in [0.2, 0.25) is 0 Å². The maximum absolute atomic E-state index is 11.9. The quantitative estimate of drug-likeness (QED) is 0.905. The Balaban J connectivity index is 1.76. The van der Waals surface area contributed by atoms with E-state index < -0.39 is 0 Å². The number of aryl methyl sites for hydroxylation is 1. The number of anilines is 2. The van der Waals surface area contributed by atoms with Crippen LogP contribution in [0.15, 0.2) is 18.2 Å². The van der Waals surface area contributed by atoms with Gasteiger partial charge in [-0.05, 0) is 37.5 Å². The number of hydrogen-bond acceptors (Lipinski definition) is 3. The zero-order valence-corrected chi connectivity index (χ0v) is 11.3. The molecule has 1 aromatic carbocycles. The molecule has 1 aliphatic carbocycles. The normalized spacial score (nSPS) is 19.3. The second-order valence-corrected chi connectivity index (χ2v) is 5.36. The second-order valence-electron chi connectivity index (χ2n) is 5.36. The SMILES string of the molecule is Cc1ccc(N2CCOCC2)cc1NC(=O)C1CC1. The Morgan fingerprint density at radius 3 is 2.74 bits per heavy atom. The van der Waals surface area contributed by atoms with Crippen molar-refractivity contribution >= 4 is 17.3 Å². The molecule has 102 valence electrons. The van der Waals surface area contributed by atoms with Crippen molar-refractivity contribution in [3.63, 3.8) is 0 Å². The molecule has 3 rings (SSSR count). The summed E-state index contributed by atoms with van der Waals surface area (Å²) in [5, 5.41) is 3.05. The monoisotopic (exact) mass is 260 g/mol. The number of ether oxygens (including phenoxy) is 1. The lowest BCUT2D eigenvalue weighted by molar-refractivity contribution is -0.117. The summed E-state index contributed by atoms with van der Waals surface area (Å²) >= 11 is 0. The van der Waals surface area contributed by atoms with Crippen molar-refractivity contribution in [2.75, 3.05) is 36.5 Å². The Hall–Kier alpha value is -1.55. The summed E-state index contributed by atoms with van der Waals surface area (Å²) in [5.74, 6) is 0.411. The minimum Gasteiger partial charge on any atom is -0.378 e. The summed E-state index contributed by atoms with van der Waals surface area (Å²) in [6.45, 7) is 5.42. The summed E-state index contributed by atoms with van der Waals surface area (Å²) in [6.07, 6.45) is 2.07. The smallest absolute Gasteiger partial charge is 0.227 e. The third-order valence-electron chi connectivity index (χ3n) is 3.80. The molecule has 2 aliphatic rings. The highest BCUT2D eigenvalue weighted by Crippen LogP contribution is 2.31. The molecule has 4 nitrogen and oxygen atoms in total. The molecule has 2 fully saturated rings. The Kier molecular flexibility index (Phi) is 3.42. The predicted octanol–water partition coefficient (Wildman–Crippen LogP) is 2.18. The van der Waals surface area contributed by atoms with Crippen molar-refractivity contribution in [1.82, 2.24) is 0 Å². The highest BCUT2D eigenvalue weighted by atomic mass is 16.5. The number of carbonyl (C=O) groups is 1. The van der Waals surface area contributed by atoms with Gasteiger partial charge in [0.05, 0.1) is 13.2 Å². The number of amides is 1. The van der Waals surface area contributed by atoms with Crippen molar-refractivity contribution in [2.24, 2.45) is 5.92 Å². The lowest BCUT2D eigenvalue weighted by Gasteiger charge is -2.29. The lowest BCUT2D eigenvalue weighted by Crippen LogP contribution is -2.36. The van der Waals surface area contributed by atoms with Gasteiger partial charge in [-0.15, -0.1) is 0 Å². The summed E-state index contributed by atoms with van der Waals surface area (Å²) in [4.78, 5) is 14.2. The van der Waals surface area contributed by atoms with Crippen molar-refractivity contribution in [3.8, 4) is 0 Å². The van der Waals surface area contributed by atoms with Crippen LogP contribution in [0.5, 0.6) is 0 Å². The molecule has 0 bridgehead atoms. The Bertz CT molecular complexity index is 477. The zero-order valence-electron chi connectivity index (χ0n) is 11.3. The maximum atomic E-state index is 11.9. The third-order valence-corrected chi connectivity index (χ3v) is 3.80. The molecule has 19 heavy (non-hydrogen) atoms. The number of nitrogens with zero attached hydrogens (tertiary/aromatic N) is 1. The molecular weight excluding hydrogens is 240 g/mol. The van der Waals surface area contributed by atoms with E-state index in [9.17, 15) is 4.79 Å². The van der Waals surface area contributed by atoms with Gasteiger partial charge in [0, 0.05) is 30.4 Å². The maximum Gasteiger partial charge on any atom is 0.227 e. The summed E-state index contributed by atoms with van der Waals surface area (Å²) in [6, 6.07) is 6.28. The highest BCUT2D eigenvalue weighted by molar-refractivity contribution is 5.95. The van der Waals surface area contributed by atoms with Gasteiger partial charge in [-0.3, -0.25) is 4.79 Å². The standard InChI is InChI=1S/C15H20N2O2/c1-11-2-5-13(17-6-8-19-9-7-17)10-14(11)16-15(18)12-3-4-12/h2,5,10,12H,3-4,6-9H2,1H3,(H,16,18). The topological polar surface area (TPSA) is 41.6 Å². The van der Waals surface area contributed by atoms with Gasteiger partial charge in [0.1, 0.15) is 0 Å². The predicted molar refractivity (Wildman–Crippen MR) is 75.6 cm³/mol. The minimum atomic E-state index is 0.169. The van der Waals surface area contributed by atoms with Gasteiger partial charge in [0.25, 0.3) is 0 Å². The average Bonchev–Trinajstić information content (AvgIpc) is 3.27. The van der Waals surface area contributed by atoms with E-state index in [0.717, 1.165) is 50.4 Å². The van der Waals surface area contributed by atoms with Crippen LogP contribution in [0.3, 0.4) is 0 Å². The number of carbonyl (C=O) groups excluding carboxylic acids is 1. The molecule has 1 amide bonds. The first-order valence-electron chi connectivity index (χ1n) is 6.98. The van der Waals surface area contributed by atoms with Gasteiger partial charge in [-0.1, -0.05) is 6.07 Å². The van der Waals surface area contributed by atoms with Gasteiger partial charge in [-0.25, -0.2) is 0 Å². The van der Waals surface area contributed by atoms with Crippen LogP contribution in [0.4, 0.5) is 11.4 Å². The number of hydrogen-bond donors (Lipinski definition) is 1. The van der Waals surface area contributed by atoms with E-state index in [4.69, 9.17) is 4.74 Å². The molecule has 1 heterocycles. The van der Waals surface area contributed by atoms with Crippen LogP contribution in [0.1, 0.15) is 18.4 Å². The van der Waals surface area contributed by atoms with Crippen LogP contribution >= 0.6 is 0 Å². The fourth-order valence-electron chi connectivity index (χ4n) is 2.34. The van der Waals surface area contributed by atoms with Gasteiger partial charge in [-0.2, -0.15) is 0 Å². The molecule has 1 saturated heterocycles. The molecule has 0 unspecified atom stereocenters. The molecule has 0 atom stereocenters. The molecule has 0 radical (unpaired) electrons. The van der Waals surface area contributed by atoms with Crippen LogP contribution < -0.4 is 10.2 Å². The molecule has 1 aromatic rings. The number of nitrogens with one attached hydrogen (secondary N) is 1. The van der Waals surface area contributed by atoms with E-state index in [-0.39, 0.29) is 11.8 Å². The fraction of sp³-hybridized carbons (Fsp3) is 0.533. The Labute approximate surface area is 113 Å².